The molecular formula is C13H17F3N2O3. The zero-order valence-corrected chi connectivity index (χ0v) is 11.6. The minimum absolute atomic E-state index is 0.0353. The Hall–Kier alpha value is -1.80. The van der Waals surface area contributed by atoms with E-state index < -0.39 is 23.4 Å². The number of nitrogens with one attached hydrogen (secondary N) is 2. The van der Waals surface area contributed by atoms with Crippen molar-refractivity contribution < 1.29 is 27.8 Å². The molecule has 3 N–H and O–H groups in total. The number of ether oxygens (including phenoxy) is 1. The lowest BCUT2D eigenvalue weighted by Gasteiger charge is -2.22. The molecule has 0 aliphatic heterocycles. The fourth-order valence-corrected chi connectivity index (χ4v) is 1.55. The van der Waals surface area contributed by atoms with Crippen LogP contribution in [0.15, 0.2) is 24.3 Å². The lowest BCUT2D eigenvalue weighted by molar-refractivity contribution is -0.137. The molecule has 0 saturated carbocycles. The number of carbonyl (C=O) groups excluding carboxylic acids is 1. The van der Waals surface area contributed by atoms with Crippen molar-refractivity contribution >= 4 is 11.7 Å². The molecule has 0 aliphatic carbocycles. The molecule has 8 heteroatoms. The van der Waals surface area contributed by atoms with Gasteiger partial charge in [-0.15, -0.1) is 0 Å². The lowest BCUT2D eigenvalue weighted by atomic mass is 10.1. The molecule has 1 aromatic carbocycles. The second-order valence-corrected chi connectivity index (χ2v) is 4.81. The van der Waals surface area contributed by atoms with Crippen molar-refractivity contribution in [1.29, 1.82) is 0 Å². The van der Waals surface area contributed by atoms with E-state index in [0.29, 0.717) is 0 Å². The molecule has 118 valence electrons. The molecule has 1 rings (SSSR count). The van der Waals surface area contributed by atoms with E-state index in [1.165, 1.54) is 14.0 Å². The van der Waals surface area contributed by atoms with E-state index in [2.05, 4.69) is 10.6 Å². The maximum atomic E-state index is 12.4. The van der Waals surface area contributed by atoms with E-state index in [1.54, 1.807) is 0 Å². The summed E-state index contributed by atoms with van der Waals surface area (Å²) in [6.45, 7) is 1.45. The predicted octanol–water partition coefficient (Wildman–Crippen LogP) is 2.22. The van der Waals surface area contributed by atoms with Gasteiger partial charge in [0.1, 0.15) is 5.60 Å². The van der Waals surface area contributed by atoms with Crippen molar-refractivity contribution in [2.75, 3.05) is 25.6 Å². The molecule has 2 amide bonds. The Labute approximate surface area is 120 Å². The van der Waals surface area contributed by atoms with Crippen molar-refractivity contribution in [3.63, 3.8) is 0 Å². The molecule has 0 fully saturated rings. The molecule has 0 heterocycles. The van der Waals surface area contributed by atoms with Crippen LogP contribution >= 0.6 is 0 Å². The minimum Gasteiger partial charge on any atom is -0.386 e. The van der Waals surface area contributed by atoms with Crippen LogP contribution in [0.25, 0.3) is 0 Å². The van der Waals surface area contributed by atoms with Crippen LogP contribution < -0.4 is 10.6 Å². The molecule has 0 bridgehead atoms. The second kappa shape index (κ2) is 6.77. The summed E-state index contributed by atoms with van der Waals surface area (Å²) < 4.78 is 41.9. The quantitative estimate of drug-likeness (QED) is 0.781. The number of rotatable bonds is 5. The fourth-order valence-electron chi connectivity index (χ4n) is 1.55. The smallest absolute Gasteiger partial charge is 0.386 e. The van der Waals surface area contributed by atoms with Crippen molar-refractivity contribution in [2.45, 2.75) is 18.7 Å². The number of halogens is 3. The first-order valence-electron chi connectivity index (χ1n) is 6.07. The van der Waals surface area contributed by atoms with Gasteiger partial charge in [-0.1, -0.05) is 0 Å². The van der Waals surface area contributed by atoms with Crippen LogP contribution in [0.2, 0.25) is 0 Å². The van der Waals surface area contributed by atoms with Crippen LogP contribution in [0, 0.1) is 0 Å². The molecule has 21 heavy (non-hydrogen) atoms. The molecule has 0 aromatic heterocycles. The highest BCUT2D eigenvalue weighted by atomic mass is 19.4. The Morgan fingerprint density at radius 3 is 2.33 bits per heavy atom. The summed E-state index contributed by atoms with van der Waals surface area (Å²) in [5.41, 5.74) is -1.81. The van der Waals surface area contributed by atoms with Gasteiger partial charge >= 0.3 is 12.2 Å². The van der Waals surface area contributed by atoms with Gasteiger partial charge < -0.3 is 20.5 Å². The number of hydrogen-bond donors (Lipinski definition) is 3. The number of amides is 2. The van der Waals surface area contributed by atoms with Crippen molar-refractivity contribution in [3.8, 4) is 0 Å². The molecule has 5 nitrogen and oxygen atoms in total. The first kappa shape index (κ1) is 17.3. The molecular weight excluding hydrogens is 289 g/mol. The van der Waals surface area contributed by atoms with E-state index >= 15 is 0 Å². The predicted molar refractivity (Wildman–Crippen MR) is 71.0 cm³/mol. The summed E-state index contributed by atoms with van der Waals surface area (Å²) in [7, 11) is 1.41. The van der Waals surface area contributed by atoms with Crippen LogP contribution in [0.4, 0.5) is 23.7 Å². The summed E-state index contributed by atoms with van der Waals surface area (Å²) in [4.78, 5) is 11.5. The van der Waals surface area contributed by atoms with E-state index in [0.717, 1.165) is 24.3 Å². The van der Waals surface area contributed by atoms with Crippen molar-refractivity contribution in [2.24, 2.45) is 0 Å². The minimum atomic E-state index is -4.42. The Kier molecular flexibility index (Phi) is 5.56. The fraction of sp³-hybridized carbons (Fsp3) is 0.462. The van der Waals surface area contributed by atoms with Gasteiger partial charge in [0.25, 0.3) is 0 Å². The Morgan fingerprint density at radius 1 is 1.29 bits per heavy atom. The van der Waals surface area contributed by atoms with E-state index in [9.17, 15) is 23.1 Å². The number of carbonyl (C=O) groups is 1. The van der Waals surface area contributed by atoms with Gasteiger partial charge in [0.15, 0.2) is 0 Å². The van der Waals surface area contributed by atoms with E-state index in [1.807, 2.05) is 0 Å². The molecule has 0 radical (unpaired) electrons. The number of methoxy groups -OCH3 is 1. The van der Waals surface area contributed by atoms with Gasteiger partial charge in [0.2, 0.25) is 0 Å². The number of hydrogen-bond acceptors (Lipinski definition) is 3. The summed E-state index contributed by atoms with van der Waals surface area (Å²) >= 11 is 0. The maximum Gasteiger partial charge on any atom is 0.416 e. The molecule has 0 aliphatic rings. The Balaban J connectivity index is 2.52. The van der Waals surface area contributed by atoms with Crippen LogP contribution in [0.5, 0.6) is 0 Å². The number of urea groups is 1. The number of aliphatic hydroxyl groups is 1. The zero-order valence-electron chi connectivity index (χ0n) is 11.6. The largest absolute Gasteiger partial charge is 0.416 e. The van der Waals surface area contributed by atoms with Crippen LogP contribution in [0.3, 0.4) is 0 Å². The molecule has 1 aromatic rings. The van der Waals surface area contributed by atoms with Gasteiger partial charge in [0.05, 0.1) is 18.7 Å². The highest BCUT2D eigenvalue weighted by molar-refractivity contribution is 5.89. The van der Waals surface area contributed by atoms with Gasteiger partial charge in [-0.3, -0.25) is 0 Å². The third-order valence-electron chi connectivity index (χ3n) is 2.56. The van der Waals surface area contributed by atoms with Crippen LogP contribution in [0.1, 0.15) is 12.5 Å². The maximum absolute atomic E-state index is 12.4. The summed E-state index contributed by atoms with van der Waals surface area (Å²) in [6, 6.07) is 3.41. The topological polar surface area (TPSA) is 70.6 Å². The number of alkyl halides is 3. The number of anilines is 1. The van der Waals surface area contributed by atoms with Crippen LogP contribution in [-0.4, -0.2) is 37.0 Å². The van der Waals surface area contributed by atoms with Crippen molar-refractivity contribution in [3.05, 3.63) is 29.8 Å². The molecule has 0 saturated heterocycles. The Morgan fingerprint density at radius 2 is 1.86 bits per heavy atom. The van der Waals surface area contributed by atoms with E-state index in [4.69, 9.17) is 4.74 Å². The first-order valence-corrected chi connectivity index (χ1v) is 6.07. The third-order valence-corrected chi connectivity index (χ3v) is 2.56. The monoisotopic (exact) mass is 306 g/mol. The Bertz CT molecular complexity index is 473. The zero-order chi connectivity index (χ0) is 16.1. The molecule has 0 spiro atoms. The average molecular weight is 306 g/mol. The van der Waals surface area contributed by atoms with Crippen LogP contribution in [-0.2, 0) is 10.9 Å². The average Bonchev–Trinajstić information content (AvgIpc) is 2.36. The highest BCUT2D eigenvalue weighted by Crippen LogP contribution is 2.29. The van der Waals surface area contributed by atoms with Crippen molar-refractivity contribution in [1.82, 2.24) is 5.32 Å². The van der Waals surface area contributed by atoms with Gasteiger partial charge in [0, 0.05) is 12.8 Å². The third kappa shape index (κ3) is 6.01. The summed E-state index contributed by atoms with van der Waals surface area (Å²) in [6.07, 6.45) is -4.42. The highest BCUT2D eigenvalue weighted by Gasteiger charge is 2.30. The number of benzene rings is 1. The lowest BCUT2D eigenvalue weighted by Crippen LogP contribution is -2.45. The SMILES string of the molecule is COCC(C)(O)CNC(=O)Nc1ccc(C(F)(F)F)cc1. The summed E-state index contributed by atoms with van der Waals surface area (Å²) in [5.74, 6) is 0. The molecule has 1 atom stereocenters. The van der Waals surface area contributed by atoms with Gasteiger partial charge in [-0.25, -0.2) is 4.79 Å². The normalized spacial score (nSPS) is 14.4. The van der Waals surface area contributed by atoms with E-state index in [-0.39, 0.29) is 18.8 Å². The van der Waals surface area contributed by atoms with Gasteiger partial charge in [-0.05, 0) is 31.2 Å². The first-order chi connectivity index (χ1) is 9.64. The van der Waals surface area contributed by atoms with Gasteiger partial charge in [-0.2, -0.15) is 13.2 Å². The second-order valence-electron chi connectivity index (χ2n) is 4.81. The molecule has 1 unspecified atom stereocenters. The standard InChI is InChI=1S/C13H17F3N2O3/c1-12(20,8-21-2)7-17-11(19)18-10-5-3-9(4-6-10)13(14,15)16/h3-6,20H,7-8H2,1-2H3,(H2,17,18,19). The summed E-state index contributed by atoms with van der Waals surface area (Å²) in [5, 5.41) is 14.5.